The Morgan fingerprint density at radius 2 is 1.49 bits per heavy atom. The van der Waals surface area contributed by atoms with Gasteiger partial charge in [-0.1, -0.05) is 84.8 Å². The van der Waals surface area contributed by atoms with E-state index in [-0.39, 0.29) is 11.8 Å². The van der Waals surface area contributed by atoms with Crippen molar-refractivity contribution in [3.8, 4) is 0 Å². The third-order valence-corrected chi connectivity index (χ3v) is 6.91. The zero-order valence-corrected chi connectivity index (χ0v) is 21.8. The molecular formula is C30H36N2O2S. The van der Waals surface area contributed by atoms with Crippen LogP contribution in [0.3, 0.4) is 0 Å². The second-order valence-electron chi connectivity index (χ2n) is 8.92. The van der Waals surface area contributed by atoms with Gasteiger partial charge >= 0.3 is 0 Å². The maximum Gasteiger partial charge on any atom is 0.243 e. The molecule has 0 radical (unpaired) electrons. The number of benzene rings is 3. The molecule has 0 unspecified atom stereocenters. The first-order valence-corrected chi connectivity index (χ1v) is 13.3. The molecule has 0 spiro atoms. The summed E-state index contributed by atoms with van der Waals surface area (Å²) in [4.78, 5) is 29.8. The minimum Gasteiger partial charge on any atom is -0.354 e. The van der Waals surface area contributed by atoms with Gasteiger partial charge in [-0.3, -0.25) is 9.59 Å². The van der Waals surface area contributed by atoms with Gasteiger partial charge in [0, 0.05) is 36.6 Å². The third kappa shape index (κ3) is 8.59. The second kappa shape index (κ2) is 13.7. The Morgan fingerprint density at radius 3 is 2.11 bits per heavy atom. The van der Waals surface area contributed by atoms with Crippen molar-refractivity contribution in [1.29, 1.82) is 0 Å². The molecule has 0 aliphatic rings. The van der Waals surface area contributed by atoms with Crippen LogP contribution in [0.1, 0.15) is 42.0 Å². The summed E-state index contributed by atoms with van der Waals surface area (Å²) in [6.07, 6.45) is 1.71. The maximum atomic E-state index is 13.6. The number of nitrogens with zero attached hydrogens (tertiary/aromatic N) is 1. The molecule has 0 saturated carbocycles. The molecule has 0 aliphatic heterocycles. The Balaban J connectivity index is 1.81. The highest BCUT2D eigenvalue weighted by Crippen LogP contribution is 2.21. The molecular weight excluding hydrogens is 452 g/mol. The number of amides is 2. The van der Waals surface area contributed by atoms with E-state index < -0.39 is 6.04 Å². The highest BCUT2D eigenvalue weighted by atomic mass is 32.2. The van der Waals surface area contributed by atoms with E-state index in [4.69, 9.17) is 0 Å². The fraction of sp³-hybridized carbons (Fsp3) is 0.333. The van der Waals surface area contributed by atoms with Crippen LogP contribution in [0.15, 0.2) is 83.8 Å². The van der Waals surface area contributed by atoms with Crippen LogP contribution >= 0.6 is 11.8 Å². The molecule has 3 aromatic rings. The van der Waals surface area contributed by atoms with Gasteiger partial charge in [0.15, 0.2) is 0 Å². The molecule has 4 nitrogen and oxygen atoms in total. The van der Waals surface area contributed by atoms with Gasteiger partial charge in [-0.05, 0) is 43.5 Å². The Morgan fingerprint density at radius 1 is 0.857 bits per heavy atom. The molecule has 0 heterocycles. The molecule has 0 fully saturated rings. The van der Waals surface area contributed by atoms with Crippen molar-refractivity contribution in [3.05, 3.63) is 101 Å². The van der Waals surface area contributed by atoms with E-state index >= 15 is 0 Å². The lowest BCUT2D eigenvalue weighted by atomic mass is 10.0. The summed E-state index contributed by atoms with van der Waals surface area (Å²) in [6.45, 7) is 7.15. The lowest BCUT2D eigenvalue weighted by Crippen LogP contribution is -2.50. The van der Waals surface area contributed by atoms with Crippen LogP contribution in [0.4, 0.5) is 0 Å². The van der Waals surface area contributed by atoms with E-state index in [1.807, 2.05) is 56.3 Å². The van der Waals surface area contributed by atoms with Gasteiger partial charge < -0.3 is 10.2 Å². The van der Waals surface area contributed by atoms with Gasteiger partial charge in [-0.15, -0.1) is 11.8 Å². The first-order valence-electron chi connectivity index (χ1n) is 12.3. The number of hydrogen-bond acceptors (Lipinski definition) is 3. The Labute approximate surface area is 214 Å². The van der Waals surface area contributed by atoms with Crippen molar-refractivity contribution in [2.75, 3.05) is 12.3 Å². The fourth-order valence-electron chi connectivity index (χ4n) is 3.84. The smallest absolute Gasteiger partial charge is 0.243 e. The number of aryl methyl sites for hydroxylation is 2. The van der Waals surface area contributed by atoms with Crippen LogP contribution in [0.2, 0.25) is 0 Å². The Bertz CT molecular complexity index is 1070. The average molecular weight is 489 g/mol. The minimum absolute atomic E-state index is 0.00207. The molecule has 3 aromatic carbocycles. The predicted molar refractivity (Wildman–Crippen MR) is 145 cm³/mol. The van der Waals surface area contributed by atoms with E-state index in [0.29, 0.717) is 31.7 Å². The van der Waals surface area contributed by atoms with E-state index in [2.05, 4.69) is 48.6 Å². The lowest BCUT2D eigenvalue weighted by Gasteiger charge is -2.31. The maximum absolute atomic E-state index is 13.6. The number of nitrogens with one attached hydrogen (secondary N) is 1. The number of rotatable bonds is 12. The number of thioether (sulfide) groups is 1. The molecule has 0 aromatic heterocycles. The van der Waals surface area contributed by atoms with E-state index in [0.717, 1.165) is 22.4 Å². The van der Waals surface area contributed by atoms with Gasteiger partial charge in [0.2, 0.25) is 11.8 Å². The third-order valence-electron chi connectivity index (χ3n) is 5.90. The summed E-state index contributed by atoms with van der Waals surface area (Å²) >= 11 is 1.67. The van der Waals surface area contributed by atoms with Crippen molar-refractivity contribution in [1.82, 2.24) is 10.2 Å². The SMILES string of the molecule is CCCNC(=O)[C@@H](Cc1ccccc1)N(Cc1ccc(C)cc1)C(=O)CCSc1ccc(C)cc1. The predicted octanol–water partition coefficient (Wildman–Crippen LogP) is 5.95. The molecule has 5 heteroatoms. The Kier molecular flexibility index (Phi) is 10.4. The van der Waals surface area contributed by atoms with E-state index in [9.17, 15) is 9.59 Å². The van der Waals surface area contributed by atoms with Crippen LogP contribution in [0.25, 0.3) is 0 Å². The number of carbonyl (C=O) groups is 2. The quantitative estimate of drug-likeness (QED) is 0.320. The first kappa shape index (κ1) is 26.6. The summed E-state index contributed by atoms with van der Waals surface area (Å²) in [6, 6.07) is 25.9. The normalized spacial score (nSPS) is 11.6. The average Bonchev–Trinajstić information content (AvgIpc) is 2.87. The summed E-state index contributed by atoms with van der Waals surface area (Å²) in [5, 5.41) is 3.03. The van der Waals surface area contributed by atoms with Crippen molar-refractivity contribution >= 4 is 23.6 Å². The number of hydrogen-bond donors (Lipinski definition) is 1. The van der Waals surface area contributed by atoms with Crippen LogP contribution in [0.5, 0.6) is 0 Å². The second-order valence-corrected chi connectivity index (χ2v) is 10.1. The largest absolute Gasteiger partial charge is 0.354 e. The van der Waals surface area contributed by atoms with Gasteiger partial charge in [0.25, 0.3) is 0 Å². The molecule has 2 amide bonds. The topological polar surface area (TPSA) is 49.4 Å². The van der Waals surface area contributed by atoms with Crippen LogP contribution in [0, 0.1) is 13.8 Å². The Hall–Kier alpha value is -3.05. The molecule has 1 N–H and O–H groups in total. The summed E-state index contributed by atoms with van der Waals surface area (Å²) in [5.74, 6) is 0.570. The van der Waals surface area contributed by atoms with Crippen molar-refractivity contribution < 1.29 is 9.59 Å². The highest BCUT2D eigenvalue weighted by molar-refractivity contribution is 7.99. The zero-order valence-electron chi connectivity index (χ0n) is 21.0. The molecule has 0 aliphatic carbocycles. The molecule has 3 rings (SSSR count). The van der Waals surface area contributed by atoms with Crippen molar-refractivity contribution in [2.45, 2.75) is 57.5 Å². The molecule has 1 atom stereocenters. The van der Waals surface area contributed by atoms with Gasteiger partial charge in [-0.25, -0.2) is 0 Å². The molecule has 184 valence electrons. The summed E-state index contributed by atoms with van der Waals surface area (Å²) in [5.41, 5.74) is 4.45. The van der Waals surface area contributed by atoms with Crippen LogP contribution < -0.4 is 5.32 Å². The molecule has 0 bridgehead atoms. The standard InChI is InChI=1S/C30H36N2O2S/c1-4-19-31-30(34)28(21-25-8-6-5-7-9-25)32(22-26-14-10-23(2)11-15-26)29(33)18-20-35-27-16-12-24(3)13-17-27/h5-17,28H,4,18-22H2,1-3H3,(H,31,34)/t28-/m1/s1. The van der Waals surface area contributed by atoms with Crippen LogP contribution in [-0.2, 0) is 22.6 Å². The van der Waals surface area contributed by atoms with E-state index in [1.165, 1.54) is 11.1 Å². The fourth-order valence-corrected chi connectivity index (χ4v) is 4.69. The monoisotopic (exact) mass is 488 g/mol. The van der Waals surface area contributed by atoms with Crippen LogP contribution in [-0.4, -0.2) is 35.1 Å². The zero-order chi connectivity index (χ0) is 25.0. The van der Waals surface area contributed by atoms with Gasteiger partial charge in [0.1, 0.15) is 6.04 Å². The van der Waals surface area contributed by atoms with Gasteiger partial charge in [-0.2, -0.15) is 0 Å². The summed E-state index contributed by atoms with van der Waals surface area (Å²) in [7, 11) is 0. The first-order chi connectivity index (χ1) is 17.0. The van der Waals surface area contributed by atoms with Crippen molar-refractivity contribution in [2.24, 2.45) is 0 Å². The lowest BCUT2D eigenvalue weighted by molar-refractivity contribution is -0.141. The molecule has 35 heavy (non-hydrogen) atoms. The van der Waals surface area contributed by atoms with Crippen molar-refractivity contribution in [3.63, 3.8) is 0 Å². The minimum atomic E-state index is -0.567. The van der Waals surface area contributed by atoms with E-state index in [1.54, 1.807) is 16.7 Å². The summed E-state index contributed by atoms with van der Waals surface area (Å²) < 4.78 is 0. The number of carbonyl (C=O) groups excluding carboxylic acids is 2. The highest BCUT2D eigenvalue weighted by Gasteiger charge is 2.30. The molecule has 0 saturated heterocycles. The van der Waals surface area contributed by atoms with Gasteiger partial charge in [0.05, 0.1) is 0 Å².